The summed E-state index contributed by atoms with van der Waals surface area (Å²) >= 11 is 3.49. The van der Waals surface area contributed by atoms with Gasteiger partial charge in [0.1, 0.15) is 0 Å². The van der Waals surface area contributed by atoms with Crippen molar-refractivity contribution in [2.24, 2.45) is 11.8 Å². The largest absolute Gasteiger partial charge is 0.505 e. The third-order valence-corrected chi connectivity index (χ3v) is 8.81. The molecule has 1 unspecified atom stereocenters. The van der Waals surface area contributed by atoms with Gasteiger partial charge in [0, 0.05) is 15.5 Å². The van der Waals surface area contributed by atoms with E-state index in [0.717, 1.165) is 33.5 Å². The van der Waals surface area contributed by atoms with Gasteiger partial charge in [-0.1, -0.05) is 34.1 Å². The molecule has 0 spiro atoms. The lowest BCUT2D eigenvalue weighted by Crippen LogP contribution is -2.41. The fourth-order valence-electron chi connectivity index (χ4n) is 3.61. The minimum absolute atomic E-state index is 0.367. The molecule has 0 amide bonds. The summed E-state index contributed by atoms with van der Waals surface area (Å²) in [5, 5.41) is 4.36. The maximum absolute atomic E-state index is 6.43. The van der Waals surface area contributed by atoms with Gasteiger partial charge in [-0.25, -0.2) is 0 Å². The van der Waals surface area contributed by atoms with Gasteiger partial charge in [-0.05, 0) is 57.0 Å². The number of thiophene rings is 2. The van der Waals surface area contributed by atoms with Gasteiger partial charge in [0.2, 0.25) is 0 Å². The van der Waals surface area contributed by atoms with Crippen molar-refractivity contribution in [3.05, 3.63) is 17.5 Å². The predicted molar refractivity (Wildman–Crippen MR) is 138 cm³/mol. The number of hydrogen-bond acceptors (Lipinski definition) is 6. The molecule has 4 rings (SSSR count). The molecule has 3 heterocycles. The van der Waals surface area contributed by atoms with Crippen LogP contribution in [-0.2, 0) is 9.31 Å². The maximum Gasteiger partial charge on any atom is 0.505 e. The number of hydrogen-bond donors (Lipinski definition) is 0. The highest BCUT2D eigenvalue weighted by Gasteiger charge is 2.52. The van der Waals surface area contributed by atoms with E-state index < -0.39 is 0 Å². The lowest BCUT2D eigenvalue weighted by Gasteiger charge is -2.32. The minimum atomic E-state index is -0.380. The quantitative estimate of drug-likeness (QED) is 0.334. The van der Waals surface area contributed by atoms with Crippen molar-refractivity contribution in [3.63, 3.8) is 0 Å². The average molecular weight is 474 g/mol. The van der Waals surface area contributed by atoms with Gasteiger partial charge in [0.25, 0.3) is 0 Å². The van der Waals surface area contributed by atoms with E-state index in [4.69, 9.17) is 18.8 Å². The second kappa shape index (κ2) is 8.82. The zero-order valence-corrected chi connectivity index (χ0v) is 22.2. The normalized spacial score (nSPS) is 18.7. The number of rotatable bonds is 8. The molecular formula is C25H35BO4S2. The fourth-order valence-corrected chi connectivity index (χ4v) is 5.79. The molecule has 0 bridgehead atoms. The van der Waals surface area contributed by atoms with E-state index in [1.165, 1.54) is 9.40 Å². The Morgan fingerprint density at radius 3 is 2.19 bits per heavy atom. The van der Waals surface area contributed by atoms with E-state index >= 15 is 0 Å². The molecule has 0 saturated carbocycles. The molecule has 7 heteroatoms. The standard InChI is InChI=1S/C25H35BO4S2/c1-9-16(4)14-28-20-17-10-11-31-22(17)23-18(21(20)27-13-15(2)3)12-19(32-23)26-29-24(5,6)25(7,8)30-26/h10-12,15-16H,9,13-14H2,1-8H3. The predicted octanol–water partition coefficient (Wildman–Crippen LogP) is 6.87. The molecule has 1 aliphatic rings. The maximum atomic E-state index is 6.43. The molecule has 32 heavy (non-hydrogen) atoms. The van der Waals surface area contributed by atoms with Crippen molar-refractivity contribution < 1.29 is 18.8 Å². The van der Waals surface area contributed by atoms with Gasteiger partial charge < -0.3 is 18.8 Å². The van der Waals surface area contributed by atoms with Crippen molar-refractivity contribution >= 4 is 54.7 Å². The molecule has 1 aliphatic heterocycles. The second-order valence-corrected chi connectivity index (χ2v) is 12.3. The minimum Gasteiger partial charge on any atom is -0.489 e. The van der Waals surface area contributed by atoms with E-state index in [1.807, 2.05) is 0 Å². The van der Waals surface area contributed by atoms with Crippen LogP contribution in [0, 0.1) is 11.8 Å². The van der Waals surface area contributed by atoms with Crippen LogP contribution in [0.15, 0.2) is 17.5 Å². The Morgan fingerprint density at radius 1 is 0.938 bits per heavy atom. The number of benzene rings is 1. The highest BCUT2D eigenvalue weighted by Crippen LogP contribution is 2.48. The van der Waals surface area contributed by atoms with E-state index in [2.05, 4.69) is 72.9 Å². The van der Waals surface area contributed by atoms with Crippen LogP contribution in [0.25, 0.3) is 20.2 Å². The first-order chi connectivity index (χ1) is 15.0. The molecule has 1 saturated heterocycles. The molecule has 4 nitrogen and oxygen atoms in total. The molecule has 0 radical (unpaired) electrons. The third kappa shape index (κ3) is 4.29. The van der Waals surface area contributed by atoms with E-state index in [-0.39, 0.29) is 18.3 Å². The monoisotopic (exact) mass is 474 g/mol. The Morgan fingerprint density at radius 2 is 1.56 bits per heavy atom. The Kier molecular flexibility index (Phi) is 6.58. The first-order valence-electron chi connectivity index (χ1n) is 11.6. The highest BCUT2D eigenvalue weighted by molar-refractivity contribution is 7.32. The molecular weight excluding hydrogens is 439 g/mol. The van der Waals surface area contributed by atoms with E-state index in [1.54, 1.807) is 22.7 Å². The van der Waals surface area contributed by atoms with Crippen LogP contribution in [0.1, 0.15) is 61.8 Å². The first kappa shape index (κ1) is 23.9. The van der Waals surface area contributed by atoms with Crippen LogP contribution in [0.4, 0.5) is 0 Å². The third-order valence-electron chi connectivity index (χ3n) is 6.57. The van der Waals surface area contributed by atoms with E-state index in [0.29, 0.717) is 25.0 Å². The molecule has 0 aliphatic carbocycles. The summed E-state index contributed by atoms with van der Waals surface area (Å²) in [6.45, 7) is 18.5. The number of fused-ring (bicyclic) bond motifs is 3. The summed E-state index contributed by atoms with van der Waals surface area (Å²) in [4.78, 5) is 0. The highest BCUT2D eigenvalue weighted by atomic mass is 32.1. The SMILES string of the molecule is CCC(C)COc1c(OCC(C)C)c2cc(B3OC(C)(C)C(C)(C)O3)sc2c2sccc12. The van der Waals surface area contributed by atoms with Crippen LogP contribution in [0.3, 0.4) is 0 Å². The average Bonchev–Trinajstić information content (AvgIpc) is 3.40. The summed E-state index contributed by atoms with van der Waals surface area (Å²) in [5.74, 6) is 2.63. The van der Waals surface area contributed by atoms with Crippen molar-refractivity contribution in [3.8, 4) is 11.5 Å². The van der Waals surface area contributed by atoms with Crippen LogP contribution < -0.4 is 14.3 Å². The van der Waals surface area contributed by atoms with E-state index in [9.17, 15) is 0 Å². The summed E-state index contributed by atoms with van der Waals surface area (Å²) in [6, 6.07) is 4.34. The fraction of sp³-hybridized carbons (Fsp3) is 0.600. The lowest BCUT2D eigenvalue weighted by molar-refractivity contribution is 0.00578. The van der Waals surface area contributed by atoms with Gasteiger partial charge in [0.15, 0.2) is 11.5 Å². The Labute approximate surface area is 200 Å². The van der Waals surface area contributed by atoms with Crippen LogP contribution in [0.5, 0.6) is 11.5 Å². The zero-order valence-electron chi connectivity index (χ0n) is 20.5. The summed E-state index contributed by atoms with van der Waals surface area (Å²) in [6.07, 6.45) is 1.09. The first-order valence-corrected chi connectivity index (χ1v) is 13.3. The van der Waals surface area contributed by atoms with Gasteiger partial charge in [-0.2, -0.15) is 0 Å². The summed E-state index contributed by atoms with van der Waals surface area (Å²) in [7, 11) is -0.380. The molecule has 1 atom stereocenters. The Bertz CT molecular complexity index is 1080. The van der Waals surface area contributed by atoms with Crippen molar-refractivity contribution in [2.45, 2.75) is 73.0 Å². The molecule has 3 aromatic rings. The van der Waals surface area contributed by atoms with Gasteiger partial charge in [-0.3, -0.25) is 0 Å². The second-order valence-electron chi connectivity index (χ2n) is 10.3. The summed E-state index contributed by atoms with van der Waals surface area (Å²) in [5.41, 5.74) is -0.735. The van der Waals surface area contributed by atoms with Crippen LogP contribution >= 0.6 is 22.7 Å². The Hall–Kier alpha value is -1.28. The molecule has 1 fully saturated rings. The van der Waals surface area contributed by atoms with Gasteiger partial charge in [-0.15, -0.1) is 22.7 Å². The van der Waals surface area contributed by atoms with Gasteiger partial charge in [0.05, 0.1) is 33.8 Å². The van der Waals surface area contributed by atoms with Crippen molar-refractivity contribution in [1.82, 2.24) is 0 Å². The smallest absolute Gasteiger partial charge is 0.489 e. The number of ether oxygens (including phenoxy) is 2. The molecule has 1 aromatic carbocycles. The molecule has 2 aromatic heterocycles. The summed E-state index contributed by atoms with van der Waals surface area (Å²) < 4.78 is 29.1. The van der Waals surface area contributed by atoms with Crippen molar-refractivity contribution in [2.75, 3.05) is 13.2 Å². The van der Waals surface area contributed by atoms with Crippen molar-refractivity contribution in [1.29, 1.82) is 0 Å². The van der Waals surface area contributed by atoms with Crippen LogP contribution in [-0.4, -0.2) is 31.5 Å². The van der Waals surface area contributed by atoms with Gasteiger partial charge >= 0.3 is 7.12 Å². The van der Waals surface area contributed by atoms with Crippen LogP contribution in [0.2, 0.25) is 0 Å². The molecule has 174 valence electrons. The molecule has 0 N–H and O–H groups in total. The Balaban J connectivity index is 1.84. The lowest BCUT2D eigenvalue weighted by atomic mass is 9.87. The zero-order chi connectivity index (χ0) is 23.3. The topological polar surface area (TPSA) is 36.9 Å².